The molecule has 4 aliphatic rings. The van der Waals surface area contributed by atoms with E-state index in [1.807, 2.05) is 55.4 Å². The lowest BCUT2D eigenvalue weighted by atomic mass is 10.1. The summed E-state index contributed by atoms with van der Waals surface area (Å²) in [5, 5.41) is 0. The Kier molecular flexibility index (Phi) is 65.9. The lowest BCUT2D eigenvalue weighted by Gasteiger charge is -1.95. The highest BCUT2D eigenvalue weighted by Crippen LogP contribution is 2.29. The van der Waals surface area contributed by atoms with Crippen LogP contribution in [0.25, 0.3) is 0 Å². The first-order valence-electron chi connectivity index (χ1n) is 12.3. The van der Waals surface area contributed by atoms with Crippen molar-refractivity contribution in [3.63, 3.8) is 0 Å². The van der Waals surface area contributed by atoms with Crippen LogP contribution in [0, 0.1) is 5.92 Å². The number of fused-ring (bicyclic) bond motifs is 1. The molecule has 0 fully saturated rings. The summed E-state index contributed by atoms with van der Waals surface area (Å²) >= 11 is 0. The van der Waals surface area contributed by atoms with E-state index in [2.05, 4.69) is 86.1 Å². The van der Waals surface area contributed by atoms with Crippen molar-refractivity contribution in [2.75, 3.05) is 0 Å². The lowest BCUT2D eigenvalue weighted by molar-refractivity contribution is 1.01. The van der Waals surface area contributed by atoms with E-state index in [0.717, 1.165) is 0 Å². The van der Waals surface area contributed by atoms with Crippen LogP contribution in [0.4, 0.5) is 0 Å². The van der Waals surface area contributed by atoms with E-state index in [-0.39, 0.29) is 0 Å². The molecule has 0 saturated carbocycles. The Labute approximate surface area is 210 Å². The molecule has 4 heteroatoms. The molecule has 0 nitrogen and oxygen atoms in total. The van der Waals surface area contributed by atoms with E-state index in [4.69, 9.17) is 0 Å². The van der Waals surface area contributed by atoms with Gasteiger partial charge in [0, 0.05) is 5.92 Å². The summed E-state index contributed by atoms with van der Waals surface area (Å²) in [6.07, 6.45) is 23.5. The van der Waals surface area contributed by atoms with Gasteiger partial charge in [0.05, 0.1) is 31.4 Å². The number of rotatable bonds is 0. The van der Waals surface area contributed by atoms with Crippen molar-refractivity contribution in [1.82, 2.24) is 0 Å². The molecule has 176 valence electrons. The Bertz CT molecular complexity index is 462. The minimum atomic E-state index is 0.676. The Morgan fingerprint density at radius 3 is 1.31 bits per heavy atom. The molecule has 4 rings (SSSR count). The van der Waals surface area contributed by atoms with Gasteiger partial charge < -0.3 is 0 Å². The van der Waals surface area contributed by atoms with Gasteiger partial charge in [-0.25, -0.2) is 0 Å². The van der Waals surface area contributed by atoms with Crippen molar-refractivity contribution in [1.29, 1.82) is 0 Å². The smallest absolute Gasteiger partial charge is 0.0606 e. The van der Waals surface area contributed by atoms with Crippen molar-refractivity contribution < 1.29 is 0 Å². The molecular weight excluding hydrogens is 380 g/mol. The van der Waals surface area contributed by atoms with Gasteiger partial charge in [0.1, 0.15) is 0 Å². The zero-order chi connectivity index (χ0) is 26.8. The summed E-state index contributed by atoms with van der Waals surface area (Å²) in [5.74, 6) is 0.676. The third-order valence-corrected chi connectivity index (χ3v) is 3.49. The van der Waals surface area contributed by atoms with Crippen molar-refractivity contribution in [2.24, 2.45) is 5.92 Å². The summed E-state index contributed by atoms with van der Waals surface area (Å²) in [5.41, 5.74) is 4.62. The van der Waals surface area contributed by atoms with Crippen LogP contribution in [-0.4, -0.2) is 31.4 Å². The largest absolute Gasteiger partial charge is 0.0999 e. The molecule has 8 radical (unpaired) electrons. The Hall–Kier alpha value is -1.30. The summed E-state index contributed by atoms with van der Waals surface area (Å²) in [6.45, 7) is 22.0. The molecule has 0 N–H and O–H groups in total. The van der Waals surface area contributed by atoms with Gasteiger partial charge in [-0.15, -0.1) is 0 Å². The van der Waals surface area contributed by atoms with Crippen LogP contribution in [0.5, 0.6) is 0 Å². The van der Waals surface area contributed by atoms with E-state index in [1.54, 1.807) is 11.1 Å². The average molecular weight is 432 g/mol. The maximum absolute atomic E-state index is 4.50. The Balaban J connectivity index is -0.0000000661. The second-order valence-electron chi connectivity index (χ2n) is 4.56. The van der Waals surface area contributed by atoms with Crippen LogP contribution in [0.2, 0.25) is 27.3 Å². The second kappa shape index (κ2) is 47.5. The van der Waals surface area contributed by atoms with Gasteiger partial charge in [-0.3, -0.25) is 0 Å². The number of hydrogen-bond acceptors (Lipinski definition) is 0. The fourth-order valence-corrected chi connectivity index (χ4v) is 2.54. The maximum Gasteiger partial charge on any atom is 0.0606 e. The number of allylic oxidation sites excluding steroid dienone is 12. The Morgan fingerprint density at radius 1 is 0.562 bits per heavy atom. The van der Waals surface area contributed by atoms with E-state index in [9.17, 15) is 0 Å². The molecule has 0 aromatic heterocycles. The maximum atomic E-state index is 4.50. The summed E-state index contributed by atoms with van der Waals surface area (Å²) in [4.78, 5) is 0. The predicted octanol–water partition coefficient (Wildman–Crippen LogP) is 9.18. The van der Waals surface area contributed by atoms with Crippen molar-refractivity contribution in [2.45, 2.75) is 102 Å². The first-order chi connectivity index (χ1) is 15.9. The van der Waals surface area contributed by atoms with Crippen LogP contribution < -0.4 is 0 Å². The molecule has 0 spiro atoms. The molecular formula is C28H52B4. The Morgan fingerprint density at radius 2 is 0.969 bits per heavy atom. The van der Waals surface area contributed by atoms with Gasteiger partial charge in [-0.1, -0.05) is 149 Å². The molecule has 0 bridgehead atoms. The molecule has 0 aliphatic heterocycles. The van der Waals surface area contributed by atoms with Gasteiger partial charge in [0.15, 0.2) is 0 Å². The first-order valence-corrected chi connectivity index (χ1v) is 12.3. The monoisotopic (exact) mass is 432 g/mol. The van der Waals surface area contributed by atoms with Crippen LogP contribution in [-0.2, 0) is 0 Å². The van der Waals surface area contributed by atoms with E-state index in [0.29, 0.717) is 5.92 Å². The van der Waals surface area contributed by atoms with Crippen LogP contribution in [0.15, 0.2) is 71.4 Å². The zero-order valence-electron chi connectivity index (χ0n) is 23.7. The molecule has 1 unspecified atom stereocenters. The quantitative estimate of drug-likeness (QED) is 0.265. The van der Waals surface area contributed by atoms with E-state index >= 15 is 0 Å². The molecule has 0 amide bonds. The molecule has 0 aromatic rings. The third-order valence-electron chi connectivity index (χ3n) is 3.49. The fourth-order valence-electron chi connectivity index (χ4n) is 2.54. The highest BCUT2D eigenvalue weighted by Gasteiger charge is 2.13. The summed E-state index contributed by atoms with van der Waals surface area (Å²) in [6, 6.07) is 0. The van der Waals surface area contributed by atoms with Crippen LogP contribution in [0.1, 0.15) is 74.7 Å². The van der Waals surface area contributed by atoms with Gasteiger partial charge in [0.2, 0.25) is 0 Å². The van der Waals surface area contributed by atoms with Gasteiger partial charge in [0.25, 0.3) is 0 Å². The fraction of sp³-hybridized carbons (Fsp3) is 0.571. The van der Waals surface area contributed by atoms with Crippen molar-refractivity contribution in [3.05, 3.63) is 71.4 Å². The number of hydrogen-bond donors (Lipinski definition) is 0. The molecule has 0 heterocycles. The second-order valence-corrected chi connectivity index (χ2v) is 4.56. The van der Waals surface area contributed by atoms with Gasteiger partial charge in [-0.2, -0.15) is 0 Å². The lowest BCUT2D eigenvalue weighted by Crippen LogP contribution is -1.83. The van der Waals surface area contributed by atoms with E-state index in [1.165, 1.54) is 52.1 Å². The van der Waals surface area contributed by atoms with Gasteiger partial charge >= 0.3 is 0 Å². The normalized spacial score (nSPS) is 14.9. The highest BCUT2D eigenvalue weighted by atomic mass is 14.2. The van der Waals surface area contributed by atoms with Crippen molar-refractivity contribution in [3.8, 4) is 0 Å². The summed E-state index contributed by atoms with van der Waals surface area (Å²) in [7, 11) is 18.0. The van der Waals surface area contributed by atoms with E-state index < -0.39 is 0 Å². The average Bonchev–Trinajstić information content (AvgIpc) is 3.73. The molecule has 0 saturated heterocycles. The minimum absolute atomic E-state index is 0.676. The van der Waals surface area contributed by atoms with Crippen molar-refractivity contribution >= 4 is 31.4 Å². The zero-order valence-corrected chi connectivity index (χ0v) is 23.7. The molecule has 1 atom stereocenters. The summed E-state index contributed by atoms with van der Waals surface area (Å²) < 4.78 is 0. The minimum Gasteiger partial charge on any atom is -0.0999 e. The van der Waals surface area contributed by atoms with Crippen LogP contribution >= 0.6 is 0 Å². The third kappa shape index (κ3) is 23.4. The molecule has 32 heavy (non-hydrogen) atoms. The molecule has 0 aromatic carbocycles. The predicted molar refractivity (Wildman–Crippen MR) is 161 cm³/mol. The highest BCUT2D eigenvalue weighted by molar-refractivity contribution is 6.06. The van der Waals surface area contributed by atoms with Crippen LogP contribution in [0.3, 0.4) is 0 Å². The SMILES string of the molecule is C1=CC2=C(C1)CC=C2.C1=CC2C=CCC2=C1.CC.CC.CC.CC.[B]C.[B]C.[B]C.[B]C. The first kappa shape index (κ1) is 44.4. The standard InChI is InChI=1S/2C8H8.4C2H6.4CH3B/c2*1-3-7-5-2-6-8(7)4-1;8*1-2/h1-3,5H,4,6H2;1-5,7H,6H2;4*1-2H3;4*1H3. The topological polar surface area (TPSA) is 0 Å². The molecule has 4 aliphatic carbocycles. The van der Waals surface area contributed by atoms with Gasteiger partial charge in [-0.05, 0) is 24.8 Å².